The standard InChI is InChI=1S/C29H27N5O4S2/c1-21-10-15-25(38-2)26-27(21)39-29(32-26)34(20-22-8-4-3-5-9-22)28(35)23-11-13-24(14-12-23)40(36,37)33(18-6-16-30)19-7-17-31/h3-5,8-15H,6-7,18-20H2,1-2H3. The molecule has 40 heavy (non-hydrogen) atoms. The summed E-state index contributed by atoms with van der Waals surface area (Å²) < 4.78 is 33.9. The van der Waals surface area contributed by atoms with Gasteiger partial charge in [0.05, 0.1) is 35.4 Å². The van der Waals surface area contributed by atoms with Crippen LogP contribution >= 0.6 is 11.3 Å². The van der Waals surface area contributed by atoms with Crippen LogP contribution in [0.2, 0.25) is 0 Å². The molecule has 1 amide bonds. The van der Waals surface area contributed by atoms with Gasteiger partial charge in [-0.2, -0.15) is 14.8 Å². The number of rotatable bonds is 11. The zero-order valence-corrected chi connectivity index (χ0v) is 23.7. The van der Waals surface area contributed by atoms with Crippen molar-refractivity contribution in [3.63, 3.8) is 0 Å². The number of fused-ring (bicyclic) bond motifs is 1. The summed E-state index contributed by atoms with van der Waals surface area (Å²) >= 11 is 1.39. The van der Waals surface area contributed by atoms with Gasteiger partial charge in [-0.05, 0) is 48.4 Å². The number of nitrogens with zero attached hydrogens (tertiary/aromatic N) is 5. The van der Waals surface area contributed by atoms with Crippen molar-refractivity contribution in [2.45, 2.75) is 31.2 Å². The summed E-state index contributed by atoms with van der Waals surface area (Å²) in [5, 5.41) is 18.3. The number of nitriles is 2. The first-order valence-corrected chi connectivity index (χ1v) is 14.7. The fourth-order valence-electron chi connectivity index (χ4n) is 4.15. The molecule has 0 saturated heterocycles. The molecular formula is C29H27N5O4S2. The quantitative estimate of drug-likeness (QED) is 0.239. The second-order valence-electron chi connectivity index (χ2n) is 8.88. The van der Waals surface area contributed by atoms with Gasteiger partial charge in [-0.25, -0.2) is 13.4 Å². The Morgan fingerprint density at radius 3 is 2.23 bits per heavy atom. The first-order valence-electron chi connectivity index (χ1n) is 12.4. The Hall–Kier alpha value is -4.29. The van der Waals surface area contributed by atoms with E-state index in [9.17, 15) is 13.2 Å². The van der Waals surface area contributed by atoms with Gasteiger partial charge in [-0.3, -0.25) is 9.69 Å². The molecule has 4 aromatic rings. The number of aryl methyl sites for hydroxylation is 1. The van der Waals surface area contributed by atoms with Crippen molar-refractivity contribution in [1.29, 1.82) is 10.5 Å². The number of hydrogen-bond acceptors (Lipinski definition) is 8. The lowest BCUT2D eigenvalue weighted by molar-refractivity contribution is 0.0985. The van der Waals surface area contributed by atoms with Gasteiger partial charge >= 0.3 is 0 Å². The van der Waals surface area contributed by atoms with Crippen molar-refractivity contribution in [2.75, 3.05) is 25.1 Å². The highest BCUT2D eigenvalue weighted by Gasteiger charge is 2.26. The average Bonchev–Trinajstić information content (AvgIpc) is 3.42. The lowest BCUT2D eigenvalue weighted by Gasteiger charge is -2.21. The van der Waals surface area contributed by atoms with Gasteiger partial charge in [-0.1, -0.05) is 47.7 Å². The highest BCUT2D eigenvalue weighted by atomic mass is 32.2. The highest BCUT2D eigenvalue weighted by Crippen LogP contribution is 2.37. The van der Waals surface area contributed by atoms with Crippen LogP contribution < -0.4 is 9.64 Å². The van der Waals surface area contributed by atoms with Crippen LogP contribution in [0, 0.1) is 29.6 Å². The maximum atomic E-state index is 13.9. The van der Waals surface area contributed by atoms with E-state index < -0.39 is 10.0 Å². The molecule has 11 heteroatoms. The largest absolute Gasteiger partial charge is 0.494 e. The molecule has 0 aliphatic heterocycles. The van der Waals surface area contributed by atoms with Gasteiger partial charge in [0, 0.05) is 31.5 Å². The fourth-order valence-corrected chi connectivity index (χ4v) is 6.64. The van der Waals surface area contributed by atoms with E-state index in [1.165, 1.54) is 35.6 Å². The molecule has 1 heterocycles. The number of anilines is 1. The van der Waals surface area contributed by atoms with Crippen LogP contribution in [0.25, 0.3) is 10.2 Å². The number of thiazole rings is 1. The SMILES string of the molecule is COc1ccc(C)c2sc(N(Cc3ccccc3)C(=O)c3ccc(S(=O)(=O)N(CCC#N)CCC#N)cc3)nc12. The van der Waals surface area contributed by atoms with Crippen molar-refractivity contribution < 1.29 is 17.9 Å². The molecule has 0 fully saturated rings. The van der Waals surface area contributed by atoms with Crippen LogP contribution in [0.1, 0.15) is 34.3 Å². The van der Waals surface area contributed by atoms with Crippen LogP contribution in [-0.4, -0.2) is 43.8 Å². The zero-order valence-electron chi connectivity index (χ0n) is 22.1. The summed E-state index contributed by atoms with van der Waals surface area (Å²) in [5.74, 6) is 0.274. The number of amides is 1. The lowest BCUT2D eigenvalue weighted by Crippen LogP contribution is -2.33. The molecule has 0 N–H and O–H groups in total. The molecule has 3 aromatic carbocycles. The normalized spacial score (nSPS) is 11.2. The van der Waals surface area contributed by atoms with Crippen molar-refractivity contribution in [1.82, 2.24) is 9.29 Å². The predicted molar refractivity (Wildman–Crippen MR) is 154 cm³/mol. The number of aromatic nitrogens is 1. The highest BCUT2D eigenvalue weighted by molar-refractivity contribution is 7.89. The first-order chi connectivity index (χ1) is 19.3. The monoisotopic (exact) mass is 573 g/mol. The number of hydrogen-bond donors (Lipinski definition) is 0. The lowest BCUT2D eigenvalue weighted by atomic mass is 10.1. The number of methoxy groups -OCH3 is 1. The van der Waals surface area contributed by atoms with Crippen LogP contribution in [0.3, 0.4) is 0 Å². The van der Waals surface area contributed by atoms with Crippen molar-refractivity contribution in [3.05, 3.63) is 83.4 Å². The van der Waals surface area contributed by atoms with E-state index in [4.69, 9.17) is 20.2 Å². The minimum Gasteiger partial charge on any atom is -0.494 e. The third kappa shape index (κ3) is 6.13. The van der Waals surface area contributed by atoms with E-state index in [1.807, 2.05) is 61.5 Å². The van der Waals surface area contributed by atoms with Gasteiger partial charge in [-0.15, -0.1) is 0 Å². The molecular weight excluding hydrogens is 546 g/mol. The second kappa shape index (κ2) is 12.7. The van der Waals surface area contributed by atoms with E-state index >= 15 is 0 Å². The number of sulfonamides is 1. The van der Waals surface area contributed by atoms with E-state index in [0.29, 0.717) is 22.0 Å². The Morgan fingerprint density at radius 2 is 1.62 bits per heavy atom. The predicted octanol–water partition coefficient (Wildman–Crippen LogP) is 5.28. The summed E-state index contributed by atoms with van der Waals surface area (Å²) in [5.41, 5.74) is 2.88. The Bertz CT molecular complexity index is 1670. The molecule has 0 radical (unpaired) electrons. The van der Waals surface area contributed by atoms with Crippen LogP contribution in [0.4, 0.5) is 5.13 Å². The summed E-state index contributed by atoms with van der Waals surface area (Å²) in [7, 11) is -2.38. The van der Waals surface area contributed by atoms with Gasteiger partial charge in [0.25, 0.3) is 5.91 Å². The molecule has 0 aliphatic rings. The van der Waals surface area contributed by atoms with Crippen LogP contribution in [0.5, 0.6) is 5.75 Å². The van der Waals surface area contributed by atoms with Gasteiger partial charge < -0.3 is 4.74 Å². The van der Waals surface area contributed by atoms with Crippen molar-refractivity contribution >= 4 is 42.6 Å². The third-order valence-electron chi connectivity index (χ3n) is 6.26. The Balaban J connectivity index is 1.70. The van der Waals surface area contributed by atoms with Gasteiger partial charge in [0.15, 0.2) is 5.13 Å². The van der Waals surface area contributed by atoms with Gasteiger partial charge in [0.2, 0.25) is 10.0 Å². The maximum absolute atomic E-state index is 13.9. The average molecular weight is 574 g/mol. The Kier molecular flexibility index (Phi) is 9.12. The molecule has 0 spiro atoms. The number of benzene rings is 3. The number of carbonyl (C=O) groups excluding carboxylic acids is 1. The smallest absolute Gasteiger partial charge is 0.260 e. The third-order valence-corrected chi connectivity index (χ3v) is 9.38. The zero-order chi connectivity index (χ0) is 28.7. The topological polar surface area (TPSA) is 127 Å². The molecule has 4 rings (SSSR count). The van der Waals surface area contributed by atoms with Crippen LogP contribution in [-0.2, 0) is 16.6 Å². The summed E-state index contributed by atoms with van der Waals surface area (Å²) in [4.78, 5) is 20.2. The second-order valence-corrected chi connectivity index (χ2v) is 11.8. The minimum atomic E-state index is -3.96. The Morgan fingerprint density at radius 1 is 0.975 bits per heavy atom. The number of ether oxygens (including phenoxy) is 1. The molecule has 0 aliphatic carbocycles. The van der Waals surface area contributed by atoms with E-state index in [2.05, 4.69) is 0 Å². The first kappa shape index (κ1) is 28.7. The summed E-state index contributed by atoms with van der Waals surface area (Å²) in [6.07, 6.45) is 0.00417. The molecule has 204 valence electrons. The minimum absolute atomic E-state index is 0.00208. The van der Waals surface area contributed by atoms with E-state index in [1.54, 1.807) is 12.0 Å². The van der Waals surface area contributed by atoms with E-state index in [0.717, 1.165) is 20.1 Å². The molecule has 0 bridgehead atoms. The van der Waals surface area contributed by atoms with Crippen LogP contribution in [0.15, 0.2) is 71.6 Å². The maximum Gasteiger partial charge on any atom is 0.260 e. The summed E-state index contributed by atoms with van der Waals surface area (Å²) in [6, 6.07) is 22.9. The number of carbonyl (C=O) groups is 1. The van der Waals surface area contributed by atoms with E-state index in [-0.39, 0.29) is 43.3 Å². The van der Waals surface area contributed by atoms with Gasteiger partial charge in [0.1, 0.15) is 11.3 Å². The van der Waals surface area contributed by atoms with Crippen molar-refractivity contribution in [3.8, 4) is 17.9 Å². The van der Waals surface area contributed by atoms with Crippen molar-refractivity contribution in [2.24, 2.45) is 0 Å². The summed E-state index contributed by atoms with van der Waals surface area (Å²) in [6.45, 7) is 2.19. The molecule has 1 aromatic heterocycles. The fraction of sp³-hybridized carbons (Fsp3) is 0.241. The molecule has 9 nitrogen and oxygen atoms in total. The molecule has 0 saturated carbocycles. The molecule has 0 unspecified atom stereocenters. The Labute approximate surface area is 237 Å². The molecule has 0 atom stereocenters.